The highest BCUT2D eigenvalue weighted by Gasteiger charge is 2.14. The van der Waals surface area contributed by atoms with Gasteiger partial charge in [0.05, 0.1) is 0 Å². The van der Waals surface area contributed by atoms with Gasteiger partial charge in [-0.05, 0) is 19.1 Å². The van der Waals surface area contributed by atoms with Gasteiger partial charge in [-0.25, -0.2) is 9.59 Å². The molecule has 3 amide bonds. The zero-order valence-electron chi connectivity index (χ0n) is 13.6. The third kappa shape index (κ3) is 6.02. The first-order chi connectivity index (χ1) is 12.1. The Balaban J connectivity index is 1.78. The van der Waals surface area contributed by atoms with Crippen LogP contribution in [0.5, 0.6) is 11.5 Å². The SMILES string of the molecule is C/C=C/C=C/C(=O)OCC(=O)NC(=O)Nc1ccc2c(c1)OCCO2. The normalized spacial score (nSPS) is 12.8. The Morgan fingerprint density at radius 2 is 1.92 bits per heavy atom. The van der Waals surface area contributed by atoms with Crippen LogP contribution in [0.15, 0.2) is 42.5 Å². The summed E-state index contributed by atoms with van der Waals surface area (Å²) in [5, 5.41) is 4.54. The third-order valence-corrected chi connectivity index (χ3v) is 2.93. The van der Waals surface area contributed by atoms with Crippen LogP contribution in [0.1, 0.15) is 6.92 Å². The summed E-state index contributed by atoms with van der Waals surface area (Å²) in [5.41, 5.74) is 0.431. The summed E-state index contributed by atoms with van der Waals surface area (Å²) < 4.78 is 15.5. The highest BCUT2D eigenvalue weighted by Crippen LogP contribution is 2.32. The van der Waals surface area contributed by atoms with Gasteiger partial charge in [0.15, 0.2) is 18.1 Å². The van der Waals surface area contributed by atoms with Crippen molar-refractivity contribution in [1.29, 1.82) is 0 Å². The smallest absolute Gasteiger partial charge is 0.331 e. The van der Waals surface area contributed by atoms with Crippen molar-refractivity contribution in [3.63, 3.8) is 0 Å². The van der Waals surface area contributed by atoms with E-state index < -0.39 is 24.5 Å². The number of carbonyl (C=O) groups excluding carboxylic acids is 3. The Morgan fingerprint density at radius 3 is 2.68 bits per heavy atom. The number of imide groups is 1. The van der Waals surface area contributed by atoms with Crippen LogP contribution in [0.2, 0.25) is 0 Å². The lowest BCUT2D eigenvalue weighted by molar-refractivity contribution is -0.143. The van der Waals surface area contributed by atoms with Gasteiger partial charge < -0.3 is 19.5 Å². The van der Waals surface area contributed by atoms with Gasteiger partial charge in [-0.2, -0.15) is 0 Å². The third-order valence-electron chi connectivity index (χ3n) is 2.93. The fraction of sp³-hybridized carbons (Fsp3) is 0.235. The molecule has 25 heavy (non-hydrogen) atoms. The van der Waals surface area contributed by atoms with E-state index in [0.29, 0.717) is 30.4 Å². The molecule has 0 saturated heterocycles. The van der Waals surface area contributed by atoms with E-state index in [1.54, 1.807) is 37.3 Å². The second kappa shape index (κ2) is 9.11. The maximum atomic E-state index is 11.8. The van der Waals surface area contributed by atoms with Crippen LogP contribution in [-0.2, 0) is 14.3 Å². The Bertz CT molecular complexity index is 711. The Hall–Kier alpha value is -3.29. The number of esters is 1. The van der Waals surface area contributed by atoms with Gasteiger partial charge in [0.2, 0.25) is 0 Å². The minimum Gasteiger partial charge on any atom is -0.486 e. The Morgan fingerprint density at radius 1 is 1.16 bits per heavy atom. The average Bonchev–Trinajstić information content (AvgIpc) is 2.60. The fourth-order valence-electron chi connectivity index (χ4n) is 1.88. The predicted octanol–water partition coefficient (Wildman–Crippen LogP) is 1.78. The van der Waals surface area contributed by atoms with Crippen molar-refractivity contribution in [2.45, 2.75) is 6.92 Å². The van der Waals surface area contributed by atoms with E-state index in [9.17, 15) is 14.4 Å². The lowest BCUT2D eigenvalue weighted by Crippen LogP contribution is -2.37. The van der Waals surface area contributed by atoms with E-state index in [0.717, 1.165) is 0 Å². The predicted molar refractivity (Wildman–Crippen MR) is 89.5 cm³/mol. The molecule has 0 unspecified atom stereocenters. The molecule has 0 fully saturated rings. The van der Waals surface area contributed by atoms with Crippen LogP contribution in [0.4, 0.5) is 10.5 Å². The molecule has 132 valence electrons. The molecule has 8 heteroatoms. The Kier molecular flexibility index (Phi) is 6.58. The molecule has 0 saturated carbocycles. The molecule has 1 aromatic carbocycles. The van der Waals surface area contributed by atoms with E-state index >= 15 is 0 Å². The van der Waals surface area contributed by atoms with E-state index in [2.05, 4.69) is 15.4 Å². The minimum absolute atomic E-state index is 0.426. The Labute approximate surface area is 144 Å². The van der Waals surface area contributed by atoms with Crippen LogP contribution in [0.3, 0.4) is 0 Å². The highest BCUT2D eigenvalue weighted by molar-refractivity contribution is 6.02. The molecule has 0 aromatic heterocycles. The number of rotatable bonds is 5. The van der Waals surface area contributed by atoms with Crippen LogP contribution < -0.4 is 20.1 Å². The van der Waals surface area contributed by atoms with Gasteiger partial charge in [-0.1, -0.05) is 18.2 Å². The number of nitrogens with one attached hydrogen (secondary N) is 2. The largest absolute Gasteiger partial charge is 0.486 e. The molecule has 0 radical (unpaired) electrons. The number of urea groups is 1. The zero-order valence-corrected chi connectivity index (χ0v) is 13.6. The average molecular weight is 346 g/mol. The van der Waals surface area contributed by atoms with E-state index in [-0.39, 0.29) is 0 Å². The summed E-state index contributed by atoms with van der Waals surface area (Å²) in [4.78, 5) is 34.6. The first-order valence-electron chi connectivity index (χ1n) is 7.55. The molecule has 0 spiro atoms. The first-order valence-corrected chi connectivity index (χ1v) is 7.55. The number of fused-ring (bicyclic) bond motifs is 1. The summed E-state index contributed by atoms with van der Waals surface area (Å²) >= 11 is 0. The molecule has 1 aliphatic heterocycles. The number of allylic oxidation sites excluding steroid dienone is 3. The first kappa shape index (κ1) is 18.1. The van der Waals surface area contributed by atoms with Gasteiger partial charge in [-0.3, -0.25) is 10.1 Å². The van der Waals surface area contributed by atoms with Crippen molar-refractivity contribution in [3.8, 4) is 11.5 Å². The monoisotopic (exact) mass is 346 g/mol. The number of ether oxygens (including phenoxy) is 3. The number of benzene rings is 1. The van der Waals surface area contributed by atoms with Crippen LogP contribution in [-0.4, -0.2) is 37.7 Å². The summed E-state index contributed by atoms with van der Waals surface area (Å²) in [5.74, 6) is -0.327. The standard InChI is InChI=1S/C17H18N2O6/c1-2-3-4-5-16(21)25-11-15(20)19-17(22)18-12-6-7-13-14(10-12)24-9-8-23-13/h2-7,10H,8-9,11H2,1H3,(H2,18,19,20,22)/b3-2+,5-4+. The molecule has 0 bridgehead atoms. The van der Waals surface area contributed by atoms with Gasteiger partial charge >= 0.3 is 12.0 Å². The molecule has 1 aliphatic rings. The van der Waals surface area contributed by atoms with Crippen LogP contribution in [0, 0.1) is 0 Å². The minimum atomic E-state index is -0.748. The van der Waals surface area contributed by atoms with E-state index in [4.69, 9.17) is 9.47 Å². The number of carbonyl (C=O) groups is 3. The van der Waals surface area contributed by atoms with Crippen molar-refractivity contribution in [2.75, 3.05) is 25.1 Å². The van der Waals surface area contributed by atoms with Gasteiger partial charge in [0.1, 0.15) is 13.2 Å². The lowest BCUT2D eigenvalue weighted by atomic mass is 10.2. The van der Waals surface area contributed by atoms with E-state index in [1.807, 2.05) is 0 Å². The van der Waals surface area contributed by atoms with Gasteiger partial charge in [-0.15, -0.1) is 0 Å². The topological polar surface area (TPSA) is 103 Å². The quantitative estimate of drug-likeness (QED) is 0.479. The zero-order chi connectivity index (χ0) is 18.1. The second-order valence-corrected chi connectivity index (χ2v) is 4.85. The molecule has 0 atom stereocenters. The summed E-state index contributed by atoms with van der Waals surface area (Å²) in [6.07, 6.45) is 6.03. The summed E-state index contributed by atoms with van der Waals surface area (Å²) in [7, 11) is 0. The molecule has 0 aliphatic carbocycles. The van der Waals surface area contributed by atoms with Crippen molar-refractivity contribution >= 4 is 23.6 Å². The lowest BCUT2D eigenvalue weighted by Gasteiger charge is -2.19. The number of hydrogen-bond acceptors (Lipinski definition) is 6. The highest BCUT2D eigenvalue weighted by atomic mass is 16.6. The van der Waals surface area contributed by atoms with Crippen molar-refractivity contribution < 1.29 is 28.6 Å². The van der Waals surface area contributed by atoms with Crippen LogP contribution >= 0.6 is 0 Å². The van der Waals surface area contributed by atoms with Crippen molar-refractivity contribution in [2.24, 2.45) is 0 Å². The molecule has 8 nitrogen and oxygen atoms in total. The maximum Gasteiger partial charge on any atom is 0.331 e. The molecular weight excluding hydrogens is 328 g/mol. The van der Waals surface area contributed by atoms with E-state index in [1.165, 1.54) is 12.2 Å². The van der Waals surface area contributed by atoms with Gasteiger partial charge in [0.25, 0.3) is 5.91 Å². The van der Waals surface area contributed by atoms with Gasteiger partial charge in [0, 0.05) is 17.8 Å². The fourth-order valence-corrected chi connectivity index (χ4v) is 1.88. The molecule has 2 rings (SSSR count). The number of amides is 3. The molecule has 1 aromatic rings. The summed E-state index contributed by atoms with van der Waals surface area (Å²) in [6.45, 7) is 2.13. The van der Waals surface area contributed by atoms with Crippen LogP contribution in [0.25, 0.3) is 0 Å². The maximum absolute atomic E-state index is 11.8. The molecular formula is C17H18N2O6. The summed E-state index contributed by atoms with van der Waals surface area (Å²) in [6, 6.07) is 4.11. The molecule has 2 N–H and O–H groups in total. The van der Waals surface area contributed by atoms with Crippen molar-refractivity contribution in [3.05, 3.63) is 42.5 Å². The van der Waals surface area contributed by atoms with Crippen molar-refractivity contribution in [1.82, 2.24) is 5.32 Å². The molecule has 1 heterocycles. The number of anilines is 1. The number of hydrogen-bond donors (Lipinski definition) is 2. The second-order valence-electron chi connectivity index (χ2n) is 4.85.